The molecule has 6 nitrogen and oxygen atoms in total. The Hall–Kier alpha value is -2.89. The van der Waals surface area contributed by atoms with Crippen LogP contribution in [0.15, 0.2) is 42.5 Å². The van der Waals surface area contributed by atoms with Crippen molar-refractivity contribution >= 4 is 23.3 Å². The Balaban J connectivity index is 1.97. The summed E-state index contributed by atoms with van der Waals surface area (Å²) in [4.78, 5) is 34.6. The highest BCUT2D eigenvalue weighted by Crippen LogP contribution is 2.28. The Kier molecular flexibility index (Phi) is 5.08. The normalized spacial score (nSPS) is 13.6. The van der Waals surface area contributed by atoms with Crippen molar-refractivity contribution in [3.05, 3.63) is 48.1 Å². The Morgan fingerprint density at radius 1 is 1.36 bits per heavy atom. The minimum atomic E-state index is -0.596. The van der Waals surface area contributed by atoms with Gasteiger partial charge in [0, 0.05) is 11.6 Å². The number of ketones is 1. The number of esters is 1. The second-order valence-electron chi connectivity index (χ2n) is 4.46. The third-order valence-corrected chi connectivity index (χ3v) is 2.82. The molecule has 0 radical (unpaired) electrons. The van der Waals surface area contributed by atoms with Crippen molar-refractivity contribution in [2.24, 2.45) is 0 Å². The highest BCUT2D eigenvalue weighted by molar-refractivity contribution is 6.02. The van der Waals surface area contributed by atoms with Gasteiger partial charge in [-0.25, -0.2) is 4.79 Å². The van der Waals surface area contributed by atoms with E-state index in [4.69, 9.17) is 9.47 Å². The molecule has 0 fully saturated rings. The van der Waals surface area contributed by atoms with E-state index in [-0.39, 0.29) is 24.9 Å². The molecule has 1 aromatic rings. The standard InChI is InChI=1S/C16H15NO5/c1-2-3-4-5-16(20)22-9-13(18)11-6-7-14-12(8-11)17-15(19)10-21-14/h2-8H,9-10H2,1H3,(H,17,19)/b3-2+,5-4+. The summed E-state index contributed by atoms with van der Waals surface area (Å²) in [5.41, 5.74) is 0.760. The van der Waals surface area contributed by atoms with Crippen LogP contribution in [0.5, 0.6) is 5.75 Å². The maximum Gasteiger partial charge on any atom is 0.331 e. The molecule has 0 aromatic heterocycles. The first-order valence-corrected chi connectivity index (χ1v) is 6.66. The van der Waals surface area contributed by atoms with Crippen LogP contribution in [-0.4, -0.2) is 30.9 Å². The number of hydrogen-bond acceptors (Lipinski definition) is 5. The highest BCUT2D eigenvalue weighted by atomic mass is 16.5. The number of amides is 1. The van der Waals surface area contributed by atoms with Crippen LogP contribution < -0.4 is 10.1 Å². The minimum Gasteiger partial charge on any atom is -0.482 e. The summed E-state index contributed by atoms with van der Waals surface area (Å²) in [6, 6.07) is 4.65. The van der Waals surface area contributed by atoms with Crippen LogP contribution in [0.3, 0.4) is 0 Å². The largest absolute Gasteiger partial charge is 0.482 e. The fourth-order valence-corrected chi connectivity index (χ4v) is 1.77. The van der Waals surface area contributed by atoms with Crippen molar-refractivity contribution in [2.45, 2.75) is 6.92 Å². The molecule has 0 atom stereocenters. The number of hydrogen-bond donors (Lipinski definition) is 1. The zero-order chi connectivity index (χ0) is 15.9. The zero-order valence-electron chi connectivity index (χ0n) is 12.0. The van der Waals surface area contributed by atoms with Gasteiger partial charge in [-0.2, -0.15) is 0 Å². The molecule has 0 unspecified atom stereocenters. The van der Waals surface area contributed by atoms with E-state index >= 15 is 0 Å². The lowest BCUT2D eigenvalue weighted by molar-refractivity contribution is -0.136. The molecule has 1 aliphatic rings. The molecule has 1 N–H and O–H groups in total. The number of benzene rings is 1. The summed E-state index contributed by atoms with van der Waals surface area (Å²) in [5.74, 6) is -0.739. The number of allylic oxidation sites excluding steroid dienone is 3. The summed E-state index contributed by atoms with van der Waals surface area (Å²) < 4.78 is 10.0. The minimum absolute atomic E-state index is 0.0452. The van der Waals surface area contributed by atoms with Crippen LogP contribution in [0.25, 0.3) is 0 Å². The fourth-order valence-electron chi connectivity index (χ4n) is 1.77. The highest BCUT2D eigenvalue weighted by Gasteiger charge is 2.18. The number of anilines is 1. The second kappa shape index (κ2) is 7.21. The summed E-state index contributed by atoms with van der Waals surface area (Å²) in [6.45, 7) is 1.40. The van der Waals surface area contributed by atoms with Crippen LogP contribution in [0, 0.1) is 0 Å². The number of nitrogens with one attached hydrogen (secondary N) is 1. The van der Waals surface area contributed by atoms with Gasteiger partial charge in [0.15, 0.2) is 19.0 Å². The first-order valence-electron chi connectivity index (χ1n) is 6.66. The second-order valence-corrected chi connectivity index (χ2v) is 4.46. The molecule has 1 aromatic carbocycles. The first kappa shape index (κ1) is 15.5. The van der Waals surface area contributed by atoms with Crippen molar-refractivity contribution < 1.29 is 23.9 Å². The van der Waals surface area contributed by atoms with E-state index in [1.54, 1.807) is 24.3 Å². The van der Waals surface area contributed by atoms with E-state index in [0.29, 0.717) is 17.0 Å². The van der Waals surface area contributed by atoms with E-state index in [2.05, 4.69) is 5.32 Å². The smallest absolute Gasteiger partial charge is 0.331 e. The van der Waals surface area contributed by atoms with Crippen LogP contribution in [0.1, 0.15) is 17.3 Å². The number of rotatable bonds is 5. The van der Waals surface area contributed by atoms with E-state index < -0.39 is 5.97 Å². The molecule has 114 valence electrons. The van der Waals surface area contributed by atoms with E-state index in [1.807, 2.05) is 6.92 Å². The van der Waals surface area contributed by atoms with E-state index in [9.17, 15) is 14.4 Å². The van der Waals surface area contributed by atoms with Gasteiger partial charge in [-0.3, -0.25) is 9.59 Å². The Labute approximate surface area is 127 Å². The topological polar surface area (TPSA) is 81.7 Å². The lowest BCUT2D eigenvalue weighted by atomic mass is 10.1. The average molecular weight is 301 g/mol. The van der Waals surface area contributed by atoms with E-state index in [0.717, 1.165) is 0 Å². The number of Topliss-reactive ketones (excluding diaryl/α,β-unsaturated/α-hetero) is 1. The van der Waals surface area contributed by atoms with Gasteiger partial charge < -0.3 is 14.8 Å². The summed E-state index contributed by atoms with van der Waals surface area (Å²) >= 11 is 0. The molecule has 1 amide bonds. The number of carbonyl (C=O) groups is 3. The third-order valence-electron chi connectivity index (χ3n) is 2.82. The third kappa shape index (κ3) is 4.05. The Morgan fingerprint density at radius 3 is 2.95 bits per heavy atom. The van der Waals surface area contributed by atoms with Gasteiger partial charge in [-0.15, -0.1) is 0 Å². The molecule has 0 saturated carbocycles. The molecule has 2 rings (SSSR count). The SMILES string of the molecule is C/C=C/C=C/C(=O)OCC(=O)c1ccc2c(c1)NC(=O)CO2. The predicted octanol–water partition coefficient (Wildman–Crippen LogP) is 1.88. The van der Waals surface area contributed by atoms with Gasteiger partial charge >= 0.3 is 5.97 Å². The summed E-state index contributed by atoms with van der Waals surface area (Å²) in [5, 5.41) is 2.61. The average Bonchev–Trinajstić information content (AvgIpc) is 2.52. The fraction of sp³-hybridized carbons (Fsp3) is 0.188. The van der Waals surface area contributed by atoms with Gasteiger partial charge in [-0.05, 0) is 25.1 Å². The number of carbonyl (C=O) groups excluding carboxylic acids is 3. The van der Waals surface area contributed by atoms with Crippen molar-refractivity contribution in [2.75, 3.05) is 18.5 Å². The van der Waals surface area contributed by atoms with Gasteiger partial charge in [0.2, 0.25) is 0 Å². The molecule has 0 bridgehead atoms. The molecule has 0 aliphatic carbocycles. The molecule has 1 heterocycles. The summed E-state index contributed by atoms with van der Waals surface area (Å²) in [7, 11) is 0. The van der Waals surface area contributed by atoms with Crippen molar-refractivity contribution in [3.8, 4) is 5.75 Å². The summed E-state index contributed by atoms with van der Waals surface area (Å²) in [6.07, 6.45) is 6.19. The number of fused-ring (bicyclic) bond motifs is 1. The monoisotopic (exact) mass is 301 g/mol. The van der Waals surface area contributed by atoms with Gasteiger partial charge in [0.25, 0.3) is 5.91 Å². The maximum absolute atomic E-state index is 12.0. The van der Waals surface area contributed by atoms with Crippen LogP contribution >= 0.6 is 0 Å². The number of ether oxygens (including phenoxy) is 2. The zero-order valence-corrected chi connectivity index (χ0v) is 12.0. The molecule has 0 saturated heterocycles. The van der Waals surface area contributed by atoms with Gasteiger partial charge in [0.1, 0.15) is 5.75 Å². The first-order chi connectivity index (χ1) is 10.6. The molecule has 22 heavy (non-hydrogen) atoms. The lowest BCUT2D eigenvalue weighted by Gasteiger charge is -2.18. The van der Waals surface area contributed by atoms with Crippen molar-refractivity contribution in [1.29, 1.82) is 0 Å². The maximum atomic E-state index is 12.0. The van der Waals surface area contributed by atoms with Crippen molar-refractivity contribution in [3.63, 3.8) is 0 Å². The Morgan fingerprint density at radius 2 is 2.18 bits per heavy atom. The van der Waals surface area contributed by atoms with Gasteiger partial charge in [-0.1, -0.05) is 18.2 Å². The molecular weight excluding hydrogens is 286 g/mol. The van der Waals surface area contributed by atoms with Crippen LogP contribution in [0.4, 0.5) is 5.69 Å². The molecule has 0 spiro atoms. The van der Waals surface area contributed by atoms with Crippen LogP contribution in [0.2, 0.25) is 0 Å². The van der Waals surface area contributed by atoms with Crippen LogP contribution in [-0.2, 0) is 14.3 Å². The van der Waals surface area contributed by atoms with Gasteiger partial charge in [0.05, 0.1) is 5.69 Å². The Bertz CT molecular complexity index is 661. The molecule has 6 heteroatoms. The predicted molar refractivity (Wildman–Crippen MR) is 79.8 cm³/mol. The molecular formula is C16H15NO5. The molecule has 1 aliphatic heterocycles. The van der Waals surface area contributed by atoms with Crippen molar-refractivity contribution in [1.82, 2.24) is 0 Å². The lowest BCUT2D eigenvalue weighted by Crippen LogP contribution is -2.25. The quantitative estimate of drug-likeness (QED) is 0.388. The van der Waals surface area contributed by atoms with E-state index in [1.165, 1.54) is 18.2 Å².